The van der Waals surface area contributed by atoms with Crippen molar-refractivity contribution in [3.05, 3.63) is 35.9 Å². The summed E-state index contributed by atoms with van der Waals surface area (Å²) in [5.74, 6) is -0.142. The average Bonchev–Trinajstić information content (AvgIpc) is 2.75. The number of hydrogen-bond donors (Lipinski definition) is 1. The fraction of sp³-hybridized carbons (Fsp3) is 0.500. The van der Waals surface area contributed by atoms with E-state index in [-0.39, 0.29) is 18.4 Å². The van der Waals surface area contributed by atoms with Gasteiger partial charge in [0, 0.05) is 0 Å². The van der Waals surface area contributed by atoms with Gasteiger partial charge in [-0.05, 0) is 26.3 Å². The minimum Gasteiger partial charge on any atom is -0.444 e. The van der Waals surface area contributed by atoms with Crippen molar-refractivity contribution in [1.82, 2.24) is 10.4 Å². The van der Waals surface area contributed by atoms with Crippen LogP contribution in [0, 0.1) is 0 Å². The zero-order chi connectivity index (χ0) is 16.2. The van der Waals surface area contributed by atoms with Crippen molar-refractivity contribution in [2.75, 3.05) is 6.54 Å². The van der Waals surface area contributed by atoms with Crippen LogP contribution in [0.5, 0.6) is 0 Å². The van der Waals surface area contributed by atoms with Gasteiger partial charge in [-0.1, -0.05) is 30.3 Å². The topological polar surface area (TPSA) is 67.9 Å². The number of rotatable bonds is 4. The molecule has 2 rings (SSSR count). The molecule has 0 saturated carbocycles. The molecule has 1 N–H and O–H groups in total. The molecule has 1 aliphatic heterocycles. The molecule has 1 heterocycles. The van der Waals surface area contributed by atoms with Gasteiger partial charge in [-0.2, -0.15) is 0 Å². The van der Waals surface area contributed by atoms with Gasteiger partial charge in [0.05, 0.1) is 19.0 Å². The first-order valence-electron chi connectivity index (χ1n) is 7.30. The lowest BCUT2D eigenvalue weighted by molar-refractivity contribution is -0.182. The van der Waals surface area contributed by atoms with Gasteiger partial charge in [-0.15, -0.1) is 0 Å². The van der Waals surface area contributed by atoms with Crippen molar-refractivity contribution < 1.29 is 19.2 Å². The Morgan fingerprint density at radius 3 is 2.64 bits per heavy atom. The van der Waals surface area contributed by atoms with E-state index in [1.165, 1.54) is 5.06 Å². The summed E-state index contributed by atoms with van der Waals surface area (Å²) in [6.45, 7) is 6.03. The molecule has 1 aliphatic rings. The van der Waals surface area contributed by atoms with E-state index in [9.17, 15) is 9.59 Å². The maximum Gasteiger partial charge on any atom is 0.407 e. The Morgan fingerprint density at radius 1 is 1.32 bits per heavy atom. The van der Waals surface area contributed by atoms with Crippen LogP contribution < -0.4 is 5.32 Å². The van der Waals surface area contributed by atoms with Crippen molar-refractivity contribution >= 4 is 12.0 Å². The summed E-state index contributed by atoms with van der Waals surface area (Å²) in [5.41, 5.74) is 0.426. The van der Waals surface area contributed by atoms with Gasteiger partial charge in [0.25, 0.3) is 0 Å². The fourth-order valence-corrected chi connectivity index (χ4v) is 2.10. The van der Waals surface area contributed by atoms with E-state index in [1.807, 2.05) is 30.3 Å². The van der Waals surface area contributed by atoms with E-state index in [1.54, 1.807) is 20.8 Å². The summed E-state index contributed by atoms with van der Waals surface area (Å²) in [6, 6.07) is 9.31. The predicted molar refractivity (Wildman–Crippen MR) is 80.7 cm³/mol. The zero-order valence-corrected chi connectivity index (χ0v) is 13.2. The molecular weight excluding hydrogens is 284 g/mol. The Labute approximate surface area is 130 Å². The Morgan fingerprint density at radius 2 is 2.00 bits per heavy atom. The highest BCUT2D eigenvalue weighted by atomic mass is 16.7. The number of nitrogens with zero attached hydrogens (tertiary/aromatic N) is 1. The molecule has 6 nitrogen and oxygen atoms in total. The van der Waals surface area contributed by atoms with E-state index >= 15 is 0 Å². The smallest absolute Gasteiger partial charge is 0.407 e. The number of ether oxygens (including phenoxy) is 1. The minimum atomic E-state index is -0.559. The third kappa shape index (κ3) is 5.04. The van der Waals surface area contributed by atoms with Crippen molar-refractivity contribution in [2.45, 2.75) is 45.4 Å². The standard InChI is InChI=1S/C16H22N2O4/c1-16(2,3)22-15(20)17-13-9-14(19)18(10-13)21-11-12-7-5-4-6-8-12/h4-8,13H,9-11H2,1-3H3,(H,17,20). The number of hydrogen-bond acceptors (Lipinski definition) is 4. The van der Waals surface area contributed by atoms with Crippen LogP contribution in [0.1, 0.15) is 32.8 Å². The molecule has 1 fully saturated rings. The molecule has 1 aromatic rings. The van der Waals surface area contributed by atoms with Crippen LogP contribution in [0.15, 0.2) is 30.3 Å². The molecule has 1 unspecified atom stereocenters. The quantitative estimate of drug-likeness (QED) is 0.926. The van der Waals surface area contributed by atoms with Crippen LogP contribution in [0.4, 0.5) is 4.79 Å². The first-order chi connectivity index (χ1) is 10.3. The Hall–Kier alpha value is -2.08. The number of alkyl carbamates (subject to hydrolysis) is 1. The largest absolute Gasteiger partial charge is 0.444 e. The van der Waals surface area contributed by atoms with Gasteiger partial charge in [-0.3, -0.25) is 9.63 Å². The zero-order valence-electron chi connectivity index (χ0n) is 13.2. The Bertz CT molecular complexity index is 525. The number of carbonyl (C=O) groups excluding carboxylic acids is 2. The van der Waals surface area contributed by atoms with Gasteiger partial charge >= 0.3 is 6.09 Å². The summed E-state index contributed by atoms with van der Waals surface area (Å²) in [6.07, 6.45) is -0.302. The van der Waals surface area contributed by atoms with Gasteiger partial charge < -0.3 is 10.1 Å². The van der Waals surface area contributed by atoms with E-state index in [4.69, 9.17) is 9.57 Å². The molecule has 1 aromatic carbocycles. The molecule has 1 atom stereocenters. The molecule has 120 valence electrons. The SMILES string of the molecule is CC(C)(C)OC(=O)NC1CC(=O)N(OCc2ccccc2)C1. The Kier molecular flexibility index (Phi) is 5.03. The maximum atomic E-state index is 11.9. The molecule has 2 amide bonds. The first-order valence-corrected chi connectivity index (χ1v) is 7.30. The summed E-state index contributed by atoms with van der Waals surface area (Å²) in [5, 5.41) is 3.99. The highest BCUT2D eigenvalue weighted by Crippen LogP contribution is 2.14. The second-order valence-corrected chi connectivity index (χ2v) is 6.26. The molecule has 0 radical (unpaired) electrons. The predicted octanol–water partition coefficient (Wildman–Crippen LogP) is 2.24. The minimum absolute atomic E-state index is 0.142. The molecule has 6 heteroatoms. The van der Waals surface area contributed by atoms with Crippen molar-refractivity contribution in [3.8, 4) is 0 Å². The number of hydroxylamine groups is 2. The summed E-state index contributed by atoms with van der Waals surface area (Å²) >= 11 is 0. The van der Waals surface area contributed by atoms with Crippen molar-refractivity contribution in [1.29, 1.82) is 0 Å². The Balaban J connectivity index is 1.79. The lowest BCUT2D eigenvalue weighted by Crippen LogP contribution is -2.40. The molecule has 0 spiro atoms. The van der Waals surface area contributed by atoms with E-state index in [0.29, 0.717) is 13.2 Å². The summed E-state index contributed by atoms with van der Waals surface area (Å²) < 4.78 is 5.18. The summed E-state index contributed by atoms with van der Waals surface area (Å²) in [7, 11) is 0. The highest BCUT2D eigenvalue weighted by Gasteiger charge is 2.32. The number of benzene rings is 1. The second kappa shape index (κ2) is 6.79. The van der Waals surface area contributed by atoms with Gasteiger partial charge in [-0.25, -0.2) is 9.86 Å². The van der Waals surface area contributed by atoms with Crippen molar-refractivity contribution in [3.63, 3.8) is 0 Å². The van der Waals surface area contributed by atoms with E-state index in [2.05, 4.69) is 5.32 Å². The molecule has 0 aliphatic carbocycles. The second-order valence-electron chi connectivity index (χ2n) is 6.26. The lowest BCUT2D eigenvalue weighted by Gasteiger charge is -2.21. The van der Waals surface area contributed by atoms with E-state index < -0.39 is 11.7 Å². The highest BCUT2D eigenvalue weighted by molar-refractivity contribution is 5.79. The van der Waals surface area contributed by atoms with Gasteiger partial charge in [0.2, 0.25) is 5.91 Å². The molecule has 22 heavy (non-hydrogen) atoms. The van der Waals surface area contributed by atoms with Gasteiger partial charge in [0.15, 0.2) is 0 Å². The van der Waals surface area contributed by atoms with Gasteiger partial charge in [0.1, 0.15) is 12.2 Å². The third-order valence-electron chi connectivity index (χ3n) is 3.04. The normalized spacial score (nSPS) is 18.4. The number of amides is 2. The maximum absolute atomic E-state index is 11.9. The lowest BCUT2D eigenvalue weighted by atomic mass is 10.2. The fourth-order valence-electron chi connectivity index (χ4n) is 2.10. The number of nitrogens with one attached hydrogen (secondary N) is 1. The average molecular weight is 306 g/mol. The van der Waals surface area contributed by atoms with Crippen molar-refractivity contribution in [2.24, 2.45) is 0 Å². The molecule has 0 bridgehead atoms. The van der Waals surface area contributed by atoms with Crippen LogP contribution in [0.25, 0.3) is 0 Å². The summed E-state index contributed by atoms with van der Waals surface area (Å²) in [4.78, 5) is 29.1. The molecular formula is C16H22N2O4. The number of carbonyl (C=O) groups is 2. The van der Waals surface area contributed by atoms with Crippen LogP contribution >= 0.6 is 0 Å². The first kappa shape index (κ1) is 16.3. The third-order valence-corrected chi connectivity index (χ3v) is 3.04. The monoisotopic (exact) mass is 306 g/mol. The molecule has 1 saturated heterocycles. The van der Waals surface area contributed by atoms with Crippen LogP contribution in [-0.4, -0.2) is 35.3 Å². The van der Waals surface area contributed by atoms with Crippen LogP contribution in [-0.2, 0) is 21.0 Å². The van der Waals surface area contributed by atoms with Crippen LogP contribution in [0.3, 0.4) is 0 Å². The molecule has 0 aromatic heterocycles. The van der Waals surface area contributed by atoms with Crippen LogP contribution in [0.2, 0.25) is 0 Å². The van der Waals surface area contributed by atoms with E-state index in [0.717, 1.165) is 5.56 Å².